The van der Waals surface area contributed by atoms with Crippen LogP contribution in [0.25, 0.3) is 16.3 Å². The molecule has 1 saturated heterocycles. The highest BCUT2D eigenvalue weighted by atomic mass is 32.1. The van der Waals surface area contributed by atoms with Crippen molar-refractivity contribution in [3.63, 3.8) is 0 Å². The number of aliphatic imine (C=N–C) groups is 1. The van der Waals surface area contributed by atoms with Crippen LogP contribution in [0.2, 0.25) is 0 Å². The van der Waals surface area contributed by atoms with E-state index in [1.807, 2.05) is 0 Å². The Hall–Kier alpha value is -2.92. The number of aromatic nitrogens is 4. The first kappa shape index (κ1) is 15.6. The van der Waals surface area contributed by atoms with Crippen LogP contribution >= 0.6 is 11.3 Å². The fraction of sp³-hybridized carbons (Fsp3) is 0.286. The molecule has 0 unspecified atom stereocenters. The molecule has 3 aromatic heterocycles. The molecule has 0 spiro atoms. The summed E-state index contributed by atoms with van der Waals surface area (Å²) in [5, 5.41) is 23.5. The molecule has 1 aliphatic rings. The molecule has 0 atom stereocenters. The topological polar surface area (TPSA) is 111 Å². The monoisotopic (exact) mass is 359 g/mol. The van der Waals surface area contributed by atoms with E-state index in [0.29, 0.717) is 35.4 Å². The molecule has 4 heterocycles. The van der Waals surface area contributed by atoms with Gasteiger partial charge in [-0.1, -0.05) is 11.3 Å². The maximum Gasteiger partial charge on any atom is 0.324 e. The largest absolute Gasteiger partial charge is 0.378 e. The van der Waals surface area contributed by atoms with Crippen molar-refractivity contribution in [2.45, 2.75) is 0 Å². The molecule has 11 heteroatoms. The van der Waals surface area contributed by atoms with Crippen LogP contribution < -0.4 is 0 Å². The number of rotatable bonds is 4. The minimum Gasteiger partial charge on any atom is -0.378 e. The molecule has 0 saturated carbocycles. The van der Waals surface area contributed by atoms with E-state index >= 15 is 0 Å². The molecular formula is C14H13N7O3S. The number of fused-ring (bicyclic) bond motifs is 1. The Bertz CT molecular complexity index is 945. The normalized spacial score (nSPS) is 15.3. The van der Waals surface area contributed by atoms with Gasteiger partial charge >= 0.3 is 5.00 Å². The van der Waals surface area contributed by atoms with Crippen molar-refractivity contribution in [3.05, 3.63) is 34.4 Å². The third kappa shape index (κ3) is 3.19. The van der Waals surface area contributed by atoms with E-state index in [1.54, 1.807) is 29.1 Å². The number of thiophene rings is 1. The van der Waals surface area contributed by atoms with Gasteiger partial charge in [0.05, 0.1) is 29.4 Å². The maximum atomic E-state index is 10.9. The van der Waals surface area contributed by atoms with Crippen LogP contribution in [0.5, 0.6) is 0 Å². The molecular weight excluding hydrogens is 346 g/mol. The Morgan fingerprint density at radius 3 is 2.84 bits per heavy atom. The summed E-state index contributed by atoms with van der Waals surface area (Å²) in [7, 11) is 0. The first-order valence-corrected chi connectivity index (χ1v) is 8.35. The fourth-order valence-corrected chi connectivity index (χ4v) is 3.17. The van der Waals surface area contributed by atoms with Crippen LogP contribution in [0.15, 0.2) is 29.3 Å². The van der Waals surface area contributed by atoms with Gasteiger partial charge in [0.25, 0.3) is 0 Å². The molecule has 10 nitrogen and oxygen atoms in total. The molecule has 3 aromatic rings. The van der Waals surface area contributed by atoms with Crippen molar-refractivity contribution in [1.29, 1.82) is 0 Å². The van der Waals surface area contributed by atoms with Crippen LogP contribution in [-0.4, -0.2) is 62.3 Å². The first-order chi connectivity index (χ1) is 12.2. The molecule has 0 aliphatic carbocycles. The van der Waals surface area contributed by atoms with Gasteiger partial charge in [0.15, 0.2) is 17.3 Å². The van der Waals surface area contributed by atoms with Gasteiger partial charge in [0, 0.05) is 19.2 Å². The average Bonchev–Trinajstić information content (AvgIpc) is 3.27. The third-order valence-corrected chi connectivity index (χ3v) is 4.67. The van der Waals surface area contributed by atoms with Gasteiger partial charge in [-0.25, -0.2) is 4.99 Å². The summed E-state index contributed by atoms with van der Waals surface area (Å²) in [6.07, 6.45) is 1.75. The molecule has 0 amide bonds. The summed E-state index contributed by atoms with van der Waals surface area (Å²) < 4.78 is 6.84. The predicted octanol–water partition coefficient (Wildman–Crippen LogP) is 1.75. The quantitative estimate of drug-likeness (QED) is 0.302. The lowest BCUT2D eigenvalue weighted by Crippen LogP contribution is -2.35. The number of morpholine rings is 1. The summed E-state index contributed by atoms with van der Waals surface area (Å²) in [6, 6.07) is 6.60. The average molecular weight is 359 g/mol. The van der Waals surface area contributed by atoms with E-state index in [0.717, 1.165) is 24.4 Å². The minimum atomic E-state index is -0.428. The molecule has 1 aliphatic heterocycles. The van der Waals surface area contributed by atoms with E-state index in [-0.39, 0.29) is 5.00 Å². The second-order valence-corrected chi connectivity index (χ2v) is 6.34. The van der Waals surface area contributed by atoms with Crippen LogP contribution in [0.1, 0.15) is 0 Å². The van der Waals surface area contributed by atoms with E-state index < -0.39 is 4.92 Å². The number of hydrogen-bond acceptors (Lipinski definition) is 8. The number of hydrogen-bond donors (Lipinski definition) is 0. The summed E-state index contributed by atoms with van der Waals surface area (Å²) in [6.45, 7) is 2.96. The highest BCUT2D eigenvalue weighted by Gasteiger charge is 2.16. The van der Waals surface area contributed by atoms with E-state index in [2.05, 4.69) is 25.2 Å². The zero-order chi connectivity index (χ0) is 17.2. The van der Waals surface area contributed by atoms with Gasteiger partial charge in [-0.05, 0) is 18.2 Å². The van der Waals surface area contributed by atoms with E-state index in [4.69, 9.17) is 4.74 Å². The molecule has 1 fully saturated rings. The second-order valence-electron chi connectivity index (χ2n) is 5.27. The van der Waals surface area contributed by atoms with Crippen molar-refractivity contribution in [1.82, 2.24) is 24.7 Å². The number of nitrogens with zero attached hydrogens (tertiary/aromatic N) is 7. The van der Waals surface area contributed by atoms with Crippen molar-refractivity contribution in [3.8, 4) is 10.7 Å². The standard InChI is InChI=1S/C14H13N7O3S/c22-21(23)13-4-1-10(25-13)14-17-16-12-3-2-11(18-20(12)14)15-9-19-5-7-24-8-6-19/h1-4,9H,5-8H2. The SMILES string of the molecule is O=[N+]([O-])c1ccc(-c2nnc3ccc(N=CN4CCOCC4)nn23)s1. The minimum absolute atomic E-state index is 0.0493. The van der Waals surface area contributed by atoms with Crippen molar-refractivity contribution in [2.75, 3.05) is 26.3 Å². The number of nitro groups is 1. The van der Waals surface area contributed by atoms with Gasteiger partial charge in [-0.3, -0.25) is 10.1 Å². The zero-order valence-electron chi connectivity index (χ0n) is 13.0. The zero-order valence-corrected chi connectivity index (χ0v) is 13.8. The Balaban J connectivity index is 1.65. The molecule has 25 heavy (non-hydrogen) atoms. The van der Waals surface area contributed by atoms with Crippen LogP contribution in [0, 0.1) is 10.1 Å². The smallest absolute Gasteiger partial charge is 0.324 e. The molecule has 4 rings (SSSR count). The highest BCUT2D eigenvalue weighted by molar-refractivity contribution is 7.18. The first-order valence-electron chi connectivity index (χ1n) is 7.54. The van der Waals surface area contributed by atoms with Crippen LogP contribution in [0.3, 0.4) is 0 Å². The van der Waals surface area contributed by atoms with Crippen molar-refractivity contribution < 1.29 is 9.66 Å². The fourth-order valence-electron chi connectivity index (χ4n) is 2.38. The molecule has 128 valence electrons. The Labute approximate surface area is 145 Å². The van der Waals surface area contributed by atoms with Crippen molar-refractivity contribution >= 4 is 34.1 Å². The third-order valence-electron chi connectivity index (χ3n) is 3.64. The van der Waals surface area contributed by atoms with Gasteiger partial charge in [-0.2, -0.15) is 4.52 Å². The molecule has 0 N–H and O–H groups in total. The lowest BCUT2D eigenvalue weighted by Gasteiger charge is -2.23. The maximum absolute atomic E-state index is 10.9. The Kier molecular flexibility index (Phi) is 4.07. The Morgan fingerprint density at radius 1 is 1.24 bits per heavy atom. The molecule has 0 aromatic carbocycles. The highest BCUT2D eigenvalue weighted by Crippen LogP contribution is 2.31. The van der Waals surface area contributed by atoms with Crippen LogP contribution in [-0.2, 0) is 4.74 Å². The summed E-state index contributed by atoms with van der Waals surface area (Å²) in [4.78, 5) is 17.5. The summed E-state index contributed by atoms with van der Waals surface area (Å²) in [5.41, 5.74) is 0.552. The molecule has 0 bridgehead atoms. The summed E-state index contributed by atoms with van der Waals surface area (Å²) in [5.74, 6) is 0.961. The summed E-state index contributed by atoms with van der Waals surface area (Å²) >= 11 is 1.03. The second kappa shape index (κ2) is 6.53. The Morgan fingerprint density at radius 2 is 2.08 bits per heavy atom. The van der Waals surface area contributed by atoms with E-state index in [1.165, 1.54) is 6.07 Å². The molecule has 0 radical (unpaired) electrons. The number of ether oxygens (including phenoxy) is 1. The van der Waals surface area contributed by atoms with Gasteiger partial charge in [-0.15, -0.1) is 15.3 Å². The lowest BCUT2D eigenvalue weighted by atomic mass is 10.4. The predicted molar refractivity (Wildman–Crippen MR) is 91.3 cm³/mol. The van der Waals surface area contributed by atoms with E-state index in [9.17, 15) is 10.1 Å². The van der Waals surface area contributed by atoms with Gasteiger partial charge in [0.2, 0.25) is 0 Å². The van der Waals surface area contributed by atoms with Gasteiger partial charge in [0.1, 0.15) is 0 Å². The van der Waals surface area contributed by atoms with Gasteiger partial charge < -0.3 is 9.64 Å². The lowest BCUT2D eigenvalue weighted by molar-refractivity contribution is -0.380. The van der Waals surface area contributed by atoms with Crippen molar-refractivity contribution in [2.24, 2.45) is 4.99 Å². The van der Waals surface area contributed by atoms with Crippen LogP contribution in [0.4, 0.5) is 10.8 Å².